The van der Waals surface area contributed by atoms with Crippen LogP contribution in [0.4, 0.5) is 71.5 Å². The maximum atomic E-state index is 16.6. The minimum atomic E-state index is -4.19. The van der Waals surface area contributed by atoms with Crippen LogP contribution in [0.15, 0.2) is 54.6 Å². The van der Waals surface area contributed by atoms with Gasteiger partial charge < -0.3 is 0 Å². The van der Waals surface area contributed by atoms with Crippen molar-refractivity contribution in [1.82, 2.24) is 0 Å². The van der Waals surface area contributed by atoms with Gasteiger partial charge in [-0.05, 0) is 0 Å². The molecule has 0 N–H and O–H groups in total. The Hall–Kier alpha value is -5.07. The van der Waals surface area contributed by atoms with E-state index in [1.54, 1.807) is 97.9 Å². The molecule has 0 atom stereocenters. The molecule has 0 saturated heterocycles. The molecule has 0 aliphatic rings. The first-order valence-corrected chi connectivity index (χ1v) is 23.1. The second-order valence-corrected chi connectivity index (χ2v) is 20.2. The van der Waals surface area contributed by atoms with E-state index in [0.29, 0.717) is 33.4 Å². The van der Waals surface area contributed by atoms with E-state index in [2.05, 4.69) is 0 Å². The summed E-state index contributed by atoms with van der Waals surface area (Å²) in [5, 5.41) is 0. The zero-order chi connectivity index (χ0) is 49.1. The molecule has 0 aromatic heterocycles. The van der Waals surface area contributed by atoms with Gasteiger partial charge in [-0.25, -0.2) is 0 Å². The number of rotatable bonds is 12. The average Bonchev–Trinajstić information content (AvgIpc) is 3.28. The second kappa shape index (κ2) is 19.3. The third kappa shape index (κ3) is 8.46. The third-order valence-corrected chi connectivity index (χ3v) is 15.5. The molecule has 346 valence electrons. The normalized spacial score (nSPS) is 11.9. The van der Waals surface area contributed by atoms with Crippen molar-refractivity contribution < 1.29 is 65.9 Å². The van der Waals surface area contributed by atoms with Crippen molar-refractivity contribution in [3.05, 3.63) is 164 Å². The van der Waals surface area contributed by atoms with Crippen molar-refractivity contribution in [2.24, 2.45) is 0 Å². The molecule has 0 amide bonds. The number of hydrogen-bond donors (Lipinski definition) is 0. The van der Waals surface area contributed by atoms with Gasteiger partial charge in [-0.3, -0.25) is 0 Å². The topological polar surface area (TPSA) is 3.24 Å². The zero-order valence-electron chi connectivity index (χ0n) is 36.2. The maximum absolute atomic E-state index is 16.6. The van der Waals surface area contributed by atoms with Crippen LogP contribution < -0.4 is 17.5 Å². The fourth-order valence-electron chi connectivity index (χ4n) is 8.11. The predicted octanol–water partition coefficient (Wildman–Crippen LogP) is 13.2. The molecule has 6 aromatic carbocycles. The van der Waals surface area contributed by atoms with Crippen LogP contribution >= 0.6 is 0 Å². The molecule has 0 aliphatic carbocycles. The first-order valence-electron chi connectivity index (χ1n) is 20.4. The molecule has 6 rings (SSSR count). The van der Waals surface area contributed by atoms with Crippen LogP contribution in [-0.4, -0.2) is 28.3 Å². The monoisotopic (exact) mass is 1040 g/mol. The molecule has 6 aromatic rings. The van der Waals surface area contributed by atoms with Gasteiger partial charge >= 0.3 is 383 Å². The van der Waals surface area contributed by atoms with Crippen molar-refractivity contribution in [2.45, 2.75) is 79.1 Å². The summed E-state index contributed by atoms with van der Waals surface area (Å²) in [6.45, 7) is 10.7. The van der Waals surface area contributed by atoms with Crippen LogP contribution in [0.5, 0.6) is 0 Å². The van der Waals surface area contributed by atoms with Crippen molar-refractivity contribution >= 4 is 48.5 Å². The molecule has 0 bridgehead atoms. The van der Waals surface area contributed by atoms with Gasteiger partial charge in [0.05, 0.1) is 0 Å². The molecule has 18 heteroatoms. The Labute approximate surface area is 381 Å². The van der Waals surface area contributed by atoms with E-state index in [4.69, 9.17) is 0 Å². The van der Waals surface area contributed by atoms with E-state index in [0.717, 1.165) is 0 Å². The molecule has 0 aliphatic heterocycles. The third-order valence-electron chi connectivity index (χ3n) is 11.3. The van der Waals surface area contributed by atoms with Crippen molar-refractivity contribution in [3.63, 3.8) is 0 Å². The molecule has 0 spiro atoms. The van der Waals surface area contributed by atoms with Crippen molar-refractivity contribution in [3.8, 4) is 22.3 Å². The predicted molar refractivity (Wildman–Crippen MR) is 225 cm³/mol. The summed E-state index contributed by atoms with van der Waals surface area (Å²) in [6, 6.07) is 14.9. The van der Waals surface area contributed by atoms with Crippen molar-refractivity contribution in [1.29, 1.82) is 0 Å². The van der Waals surface area contributed by atoms with E-state index >= 15 is 52.7 Å². The van der Waals surface area contributed by atoms with Gasteiger partial charge in [0.15, 0.2) is 0 Å². The summed E-state index contributed by atoms with van der Waals surface area (Å²) in [5.41, 5.74) is -3.52. The van der Waals surface area contributed by atoms with E-state index in [1.165, 1.54) is 12.1 Å². The molecule has 1 nitrogen and oxygen atoms in total. The van der Waals surface area contributed by atoms with Crippen LogP contribution in [0.1, 0.15) is 101 Å². The standard InChI is InChI=1S/C30H37.C18BF15N.Sn/c1-19(2)25-14-10-15-26(20(3)4)29(25)23-12-9-13-24(18-23)30-27(21(5)6)16-11-17-28(30)22(7)8;20-3-1(4(21)8(25)11(28)7(3)24)19(2-5(22)9(26)12(29)10(27)6(2)23)35-18-16(33)14(31)13(30)15(32)17(18)34;/h9-17,19-22H,1-8H3;;/q;-1;+1. The summed E-state index contributed by atoms with van der Waals surface area (Å²) >= 11 is -4.19. The van der Waals surface area contributed by atoms with Crippen LogP contribution in [0.2, 0.25) is 0 Å². The van der Waals surface area contributed by atoms with E-state index in [1.807, 2.05) is 0 Å². The summed E-state index contributed by atoms with van der Waals surface area (Å²) in [4.78, 5) is 0. The average molecular weight is 1040 g/mol. The fraction of sp³-hybridized carbons (Fsp3) is 0.250. The van der Waals surface area contributed by atoms with E-state index in [9.17, 15) is 13.2 Å². The Kier molecular flexibility index (Phi) is 14.7. The summed E-state index contributed by atoms with van der Waals surface area (Å²) in [5.74, 6) is -44.3. The first-order chi connectivity index (χ1) is 30.9. The minimum absolute atomic E-state index is 0.104. The van der Waals surface area contributed by atoms with Crippen LogP contribution in [-0.2, 0) is 0 Å². The van der Waals surface area contributed by atoms with Gasteiger partial charge in [0, 0.05) is 0 Å². The Bertz CT molecular complexity index is 2610. The molecule has 0 fully saturated rings. The van der Waals surface area contributed by atoms with Gasteiger partial charge in [-0.2, -0.15) is 0 Å². The SMILES string of the molecule is CC(C)c1cccc(C(C)C)c1-c1cccc(-c2c(C(C)C)cccc2C(C)C)[c]1[Sn][N](B(c1c(F)c(F)c(F)c(F)c1F)c1c(F)c(F)c(F)c(F)c1F)c1c(F)c(F)c(F)c(F)c1F. The fourth-order valence-corrected chi connectivity index (χ4v) is 12.7. The van der Waals surface area contributed by atoms with Crippen LogP contribution in [0, 0.1) is 87.3 Å². The Balaban J connectivity index is 1.97. The van der Waals surface area contributed by atoms with Gasteiger partial charge in [-0.1, -0.05) is 0 Å². The Morgan fingerprint density at radius 3 is 0.864 bits per heavy atom. The molecule has 2 radical (unpaired) electrons. The van der Waals surface area contributed by atoms with E-state index < -0.39 is 132 Å². The first kappa shape index (κ1) is 50.3. The van der Waals surface area contributed by atoms with E-state index in [-0.39, 0.29) is 41.4 Å². The Morgan fingerprint density at radius 1 is 0.348 bits per heavy atom. The molecule has 0 unspecified atom stereocenters. The molecular formula is C48H37BF15NSn. The summed E-state index contributed by atoms with van der Waals surface area (Å²) in [6.07, 6.45) is 0. The number of hydrogen-bond acceptors (Lipinski definition) is 1. The number of nitrogens with zero attached hydrogens (tertiary/aromatic N) is 1. The van der Waals surface area contributed by atoms with Crippen LogP contribution in [0.3, 0.4) is 0 Å². The Morgan fingerprint density at radius 2 is 0.591 bits per heavy atom. The second-order valence-electron chi connectivity index (χ2n) is 16.7. The molecule has 0 heterocycles. The zero-order valence-corrected chi connectivity index (χ0v) is 39.1. The molecule has 66 heavy (non-hydrogen) atoms. The summed E-state index contributed by atoms with van der Waals surface area (Å²) < 4.78 is 235. The van der Waals surface area contributed by atoms with Gasteiger partial charge in [-0.15, -0.1) is 0 Å². The van der Waals surface area contributed by atoms with Crippen molar-refractivity contribution in [2.75, 3.05) is 3.03 Å². The van der Waals surface area contributed by atoms with Gasteiger partial charge in [0.1, 0.15) is 0 Å². The quantitative estimate of drug-likeness (QED) is 0.0511. The molecule has 0 saturated carbocycles. The summed E-state index contributed by atoms with van der Waals surface area (Å²) in [7, 11) is 0. The molecular weight excluding hydrogens is 1010 g/mol. The van der Waals surface area contributed by atoms with Gasteiger partial charge in [0.25, 0.3) is 0 Å². The number of halogens is 15. The van der Waals surface area contributed by atoms with Gasteiger partial charge in [0.2, 0.25) is 0 Å². The van der Waals surface area contributed by atoms with Crippen LogP contribution in [0.25, 0.3) is 22.3 Å². The number of anilines is 1. The number of benzene rings is 6.